The Kier molecular flexibility index (Phi) is 5.98. The molecule has 0 spiro atoms. The van der Waals surface area contributed by atoms with E-state index < -0.39 is 17.9 Å². The SMILES string of the molecule is CC(O)CCN(C)C(=O)C(=O)Nc1cccc(Br)c1. The van der Waals surface area contributed by atoms with Gasteiger partial charge in [-0.25, -0.2) is 0 Å². The molecular formula is C13H17BrN2O3. The normalized spacial score (nSPS) is 11.8. The van der Waals surface area contributed by atoms with Gasteiger partial charge in [-0.2, -0.15) is 0 Å². The fourth-order valence-electron chi connectivity index (χ4n) is 1.41. The number of hydrogen-bond acceptors (Lipinski definition) is 3. The molecule has 2 N–H and O–H groups in total. The van der Waals surface area contributed by atoms with Gasteiger partial charge in [0, 0.05) is 23.8 Å². The highest BCUT2D eigenvalue weighted by atomic mass is 79.9. The molecule has 19 heavy (non-hydrogen) atoms. The Morgan fingerprint density at radius 3 is 2.74 bits per heavy atom. The summed E-state index contributed by atoms with van der Waals surface area (Å²) in [5.41, 5.74) is 0.552. The summed E-state index contributed by atoms with van der Waals surface area (Å²) in [6.45, 7) is 1.97. The predicted octanol–water partition coefficient (Wildman–Crippen LogP) is 1.62. The zero-order valence-corrected chi connectivity index (χ0v) is 12.5. The molecule has 0 radical (unpaired) electrons. The van der Waals surface area contributed by atoms with Crippen LogP contribution in [-0.2, 0) is 9.59 Å². The van der Waals surface area contributed by atoms with Crippen molar-refractivity contribution in [2.75, 3.05) is 18.9 Å². The minimum Gasteiger partial charge on any atom is -0.393 e. The number of aliphatic hydroxyl groups is 1. The van der Waals surface area contributed by atoms with Crippen molar-refractivity contribution in [3.05, 3.63) is 28.7 Å². The smallest absolute Gasteiger partial charge is 0.313 e. The Morgan fingerprint density at radius 2 is 2.16 bits per heavy atom. The molecule has 2 amide bonds. The second-order valence-electron chi connectivity index (χ2n) is 4.33. The molecule has 0 heterocycles. The van der Waals surface area contributed by atoms with Crippen LogP contribution < -0.4 is 5.32 Å². The molecule has 0 saturated carbocycles. The maximum absolute atomic E-state index is 11.8. The largest absolute Gasteiger partial charge is 0.393 e. The molecule has 1 aromatic rings. The first-order chi connectivity index (χ1) is 8.90. The molecule has 0 saturated heterocycles. The summed E-state index contributed by atoms with van der Waals surface area (Å²) in [4.78, 5) is 24.8. The van der Waals surface area contributed by atoms with E-state index in [4.69, 9.17) is 5.11 Å². The predicted molar refractivity (Wildman–Crippen MR) is 76.7 cm³/mol. The van der Waals surface area contributed by atoms with E-state index in [2.05, 4.69) is 21.2 Å². The van der Waals surface area contributed by atoms with Crippen LogP contribution in [0.15, 0.2) is 28.7 Å². The van der Waals surface area contributed by atoms with Gasteiger partial charge in [0.05, 0.1) is 6.10 Å². The summed E-state index contributed by atoms with van der Waals surface area (Å²) in [5, 5.41) is 11.7. The van der Waals surface area contributed by atoms with E-state index in [0.717, 1.165) is 4.47 Å². The van der Waals surface area contributed by atoms with E-state index in [-0.39, 0.29) is 0 Å². The fraction of sp³-hybridized carbons (Fsp3) is 0.385. The van der Waals surface area contributed by atoms with Gasteiger partial charge >= 0.3 is 11.8 Å². The highest BCUT2D eigenvalue weighted by molar-refractivity contribution is 9.10. The van der Waals surface area contributed by atoms with Crippen LogP contribution in [0.1, 0.15) is 13.3 Å². The molecular weight excluding hydrogens is 312 g/mol. The number of anilines is 1. The zero-order chi connectivity index (χ0) is 14.4. The summed E-state index contributed by atoms with van der Waals surface area (Å²) in [5.74, 6) is -1.31. The number of hydrogen-bond donors (Lipinski definition) is 2. The van der Waals surface area contributed by atoms with Crippen LogP contribution in [0.25, 0.3) is 0 Å². The van der Waals surface area contributed by atoms with Gasteiger partial charge in [0.1, 0.15) is 0 Å². The van der Waals surface area contributed by atoms with Crippen LogP contribution >= 0.6 is 15.9 Å². The van der Waals surface area contributed by atoms with Crippen molar-refractivity contribution < 1.29 is 14.7 Å². The maximum atomic E-state index is 11.8. The number of nitrogens with one attached hydrogen (secondary N) is 1. The van der Waals surface area contributed by atoms with Gasteiger partial charge in [-0.05, 0) is 31.5 Å². The number of carbonyl (C=O) groups is 2. The van der Waals surface area contributed by atoms with Gasteiger partial charge in [-0.3, -0.25) is 9.59 Å². The third-order valence-electron chi connectivity index (χ3n) is 2.51. The minimum absolute atomic E-state index is 0.336. The summed E-state index contributed by atoms with van der Waals surface area (Å²) in [6, 6.07) is 7.00. The Hall–Kier alpha value is -1.40. The second-order valence-corrected chi connectivity index (χ2v) is 5.24. The molecule has 0 aliphatic heterocycles. The molecule has 0 aliphatic rings. The van der Waals surface area contributed by atoms with Gasteiger partial charge in [0.2, 0.25) is 0 Å². The van der Waals surface area contributed by atoms with Crippen molar-refractivity contribution in [1.29, 1.82) is 0 Å². The van der Waals surface area contributed by atoms with E-state index in [1.807, 2.05) is 6.07 Å². The Balaban J connectivity index is 2.55. The molecule has 6 heteroatoms. The molecule has 104 valence electrons. The number of likely N-dealkylation sites (N-methyl/N-ethyl adjacent to an activating group) is 1. The van der Waals surface area contributed by atoms with Crippen molar-refractivity contribution in [3.63, 3.8) is 0 Å². The van der Waals surface area contributed by atoms with Crippen molar-refractivity contribution in [2.45, 2.75) is 19.4 Å². The topological polar surface area (TPSA) is 69.6 Å². The molecule has 1 aromatic carbocycles. The van der Waals surface area contributed by atoms with Gasteiger partial charge in [-0.1, -0.05) is 22.0 Å². The number of benzene rings is 1. The minimum atomic E-state index is -0.689. The third kappa shape index (κ3) is 5.40. The monoisotopic (exact) mass is 328 g/mol. The number of nitrogens with zero attached hydrogens (tertiary/aromatic N) is 1. The molecule has 1 rings (SSSR count). The molecule has 0 aromatic heterocycles. The van der Waals surface area contributed by atoms with Crippen LogP contribution in [0.4, 0.5) is 5.69 Å². The molecule has 1 unspecified atom stereocenters. The van der Waals surface area contributed by atoms with Crippen LogP contribution in [0, 0.1) is 0 Å². The maximum Gasteiger partial charge on any atom is 0.313 e. The van der Waals surface area contributed by atoms with Crippen molar-refractivity contribution >= 4 is 33.4 Å². The Morgan fingerprint density at radius 1 is 1.47 bits per heavy atom. The van der Waals surface area contributed by atoms with Gasteiger partial charge in [0.15, 0.2) is 0 Å². The van der Waals surface area contributed by atoms with E-state index in [1.165, 1.54) is 11.9 Å². The van der Waals surface area contributed by atoms with Crippen LogP contribution in [0.2, 0.25) is 0 Å². The summed E-state index contributed by atoms with van der Waals surface area (Å²) >= 11 is 3.28. The van der Waals surface area contributed by atoms with Crippen molar-refractivity contribution in [1.82, 2.24) is 4.90 Å². The first kappa shape index (κ1) is 15.7. The van der Waals surface area contributed by atoms with E-state index >= 15 is 0 Å². The number of halogens is 1. The first-order valence-electron chi connectivity index (χ1n) is 5.90. The zero-order valence-electron chi connectivity index (χ0n) is 10.9. The average Bonchev–Trinajstić information content (AvgIpc) is 2.34. The molecule has 0 bridgehead atoms. The van der Waals surface area contributed by atoms with E-state index in [1.54, 1.807) is 25.1 Å². The number of amides is 2. The lowest BCUT2D eigenvalue weighted by molar-refractivity contribution is -0.142. The van der Waals surface area contributed by atoms with Crippen molar-refractivity contribution in [2.24, 2.45) is 0 Å². The van der Waals surface area contributed by atoms with Crippen LogP contribution in [-0.4, -0.2) is 41.5 Å². The average molecular weight is 329 g/mol. The number of rotatable bonds is 4. The van der Waals surface area contributed by atoms with Crippen LogP contribution in [0.5, 0.6) is 0 Å². The van der Waals surface area contributed by atoms with Crippen LogP contribution in [0.3, 0.4) is 0 Å². The molecule has 1 atom stereocenters. The highest BCUT2D eigenvalue weighted by Crippen LogP contribution is 2.15. The standard InChI is InChI=1S/C13H17BrN2O3/c1-9(17)6-7-16(2)13(19)12(18)15-11-5-3-4-10(14)8-11/h3-5,8-9,17H,6-7H2,1-2H3,(H,15,18). The lowest BCUT2D eigenvalue weighted by Gasteiger charge is -2.17. The second kappa shape index (κ2) is 7.25. The Bertz CT molecular complexity index is 463. The number of carbonyl (C=O) groups excluding carboxylic acids is 2. The Labute approximate surface area is 120 Å². The van der Waals surface area contributed by atoms with Gasteiger partial charge in [-0.15, -0.1) is 0 Å². The molecule has 0 aliphatic carbocycles. The molecule has 0 fully saturated rings. The fourth-order valence-corrected chi connectivity index (χ4v) is 1.81. The van der Waals surface area contributed by atoms with E-state index in [9.17, 15) is 9.59 Å². The summed E-state index contributed by atoms with van der Waals surface area (Å²) in [6.07, 6.45) is -0.0600. The lowest BCUT2D eigenvalue weighted by atomic mass is 10.2. The third-order valence-corrected chi connectivity index (χ3v) is 3.00. The van der Waals surface area contributed by atoms with Gasteiger partial charge in [0.25, 0.3) is 0 Å². The van der Waals surface area contributed by atoms with Crippen molar-refractivity contribution in [3.8, 4) is 0 Å². The van der Waals surface area contributed by atoms with E-state index in [0.29, 0.717) is 18.7 Å². The number of aliphatic hydroxyl groups excluding tert-OH is 1. The summed E-state index contributed by atoms with van der Waals surface area (Å²) < 4.78 is 0.820. The lowest BCUT2D eigenvalue weighted by Crippen LogP contribution is -2.38. The highest BCUT2D eigenvalue weighted by Gasteiger charge is 2.18. The summed E-state index contributed by atoms with van der Waals surface area (Å²) in [7, 11) is 1.53. The first-order valence-corrected chi connectivity index (χ1v) is 6.69. The quantitative estimate of drug-likeness (QED) is 0.825. The molecule has 5 nitrogen and oxygen atoms in total. The van der Waals surface area contributed by atoms with Gasteiger partial charge < -0.3 is 15.3 Å².